The molecular formula is C28H50O5. The lowest BCUT2D eigenvalue weighted by molar-refractivity contribution is -0.147. The van der Waals surface area contributed by atoms with Crippen molar-refractivity contribution >= 4 is 5.97 Å². The average molecular weight is 467 g/mol. The predicted molar refractivity (Wildman–Crippen MR) is 133 cm³/mol. The lowest BCUT2D eigenvalue weighted by Crippen LogP contribution is -2.34. The number of hydrogen-bond acceptors (Lipinski definition) is 4. The summed E-state index contributed by atoms with van der Waals surface area (Å²) in [7, 11) is 0. The van der Waals surface area contributed by atoms with Crippen LogP contribution in [0.15, 0.2) is 12.2 Å². The smallest absolute Gasteiger partial charge is 0.309 e. The first-order chi connectivity index (χ1) is 15.5. The molecule has 0 spiro atoms. The normalized spacial score (nSPS) is 31.7. The van der Waals surface area contributed by atoms with Gasteiger partial charge in [-0.05, 0) is 82.5 Å². The van der Waals surface area contributed by atoms with Gasteiger partial charge in [-0.1, -0.05) is 51.7 Å². The second-order valence-electron chi connectivity index (χ2n) is 12.4. The second kappa shape index (κ2) is 12.7. The Hall–Kier alpha value is -0.910. The summed E-state index contributed by atoms with van der Waals surface area (Å²) in [5.41, 5.74) is -0.754. The van der Waals surface area contributed by atoms with Crippen LogP contribution in [0.4, 0.5) is 0 Å². The summed E-state index contributed by atoms with van der Waals surface area (Å²) in [5.74, 6) is 0.100. The molecule has 6 atom stereocenters. The molecule has 2 fully saturated rings. The van der Waals surface area contributed by atoms with E-state index < -0.39 is 11.4 Å². The molecule has 5 nitrogen and oxygen atoms in total. The molecule has 0 saturated heterocycles. The van der Waals surface area contributed by atoms with Crippen LogP contribution in [0.25, 0.3) is 0 Å². The molecule has 2 aliphatic carbocycles. The Morgan fingerprint density at radius 1 is 0.818 bits per heavy atom. The van der Waals surface area contributed by atoms with Crippen LogP contribution in [0.2, 0.25) is 0 Å². The van der Waals surface area contributed by atoms with Crippen LogP contribution in [-0.4, -0.2) is 45.2 Å². The molecule has 5 heteroatoms. The number of aliphatic hydroxyl groups excluding tert-OH is 3. The van der Waals surface area contributed by atoms with Gasteiger partial charge in [-0.25, -0.2) is 0 Å². The lowest BCUT2D eigenvalue weighted by Gasteiger charge is -2.36. The van der Waals surface area contributed by atoms with E-state index in [1.807, 2.05) is 0 Å². The van der Waals surface area contributed by atoms with Crippen LogP contribution in [0, 0.1) is 34.5 Å². The van der Waals surface area contributed by atoms with Crippen LogP contribution >= 0.6 is 0 Å². The molecule has 33 heavy (non-hydrogen) atoms. The number of rotatable bonds is 12. The standard InChI is InChI=1S/C28H50O5/c1-27(2,19-29)17-7-13-20-9-5-11-22(24(20)30)15-16-23-12-6-10-21(25(23)31)14-8-18-28(3,4)26(32)33/h15-16,20-25,29-31H,5-14,17-19H2,1-4H3,(H,32,33). The SMILES string of the molecule is CC(C)(CO)CCCC1CCCC(C=CC2CCCC(CCCC(C)(C)C(=O)O)C2O)C1O. The quantitative estimate of drug-likeness (QED) is 0.282. The van der Waals surface area contributed by atoms with E-state index in [2.05, 4.69) is 26.0 Å². The Balaban J connectivity index is 1.84. The molecule has 0 amide bonds. The molecule has 192 valence electrons. The van der Waals surface area contributed by atoms with Gasteiger partial charge in [0.2, 0.25) is 0 Å². The average Bonchev–Trinajstić information content (AvgIpc) is 2.75. The number of carbonyl (C=O) groups is 1. The minimum absolute atomic E-state index is 0.0457. The monoisotopic (exact) mass is 466 g/mol. The first-order valence-electron chi connectivity index (χ1n) is 13.4. The molecule has 0 heterocycles. The van der Waals surface area contributed by atoms with Gasteiger partial charge < -0.3 is 20.4 Å². The Bertz CT molecular complexity index is 626. The predicted octanol–water partition coefficient (Wildman–Crippen LogP) is 5.57. The second-order valence-corrected chi connectivity index (χ2v) is 12.4. The number of aliphatic hydroxyl groups is 3. The Labute approximate surface area is 201 Å². The molecule has 0 aromatic carbocycles. The van der Waals surface area contributed by atoms with E-state index in [-0.39, 0.29) is 42.0 Å². The van der Waals surface area contributed by atoms with Gasteiger partial charge in [0, 0.05) is 18.4 Å². The topological polar surface area (TPSA) is 98.0 Å². The van der Waals surface area contributed by atoms with Gasteiger partial charge in [-0.15, -0.1) is 0 Å². The number of carboxylic acids is 1. The van der Waals surface area contributed by atoms with Crippen LogP contribution in [0.1, 0.15) is 105 Å². The summed E-state index contributed by atoms with van der Waals surface area (Å²) in [6, 6.07) is 0. The third-order valence-corrected chi connectivity index (χ3v) is 8.49. The fourth-order valence-electron chi connectivity index (χ4n) is 5.78. The van der Waals surface area contributed by atoms with Crippen molar-refractivity contribution in [3.05, 3.63) is 12.2 Å². The summed E-state index contributed by atoms with van der Waals surface area (Å²) < 4.78 is 0. The van der Waals surface area contributed by atoms with E-state index in [4.69, 9.17) is 0 Å². The van der Waals surface area contributed by atoms with Gasteiger partial charge in [0.15, 0.2) is 0 Å². The van der Waals surface area contributed by atoms with Gasteiger partial charge in [0.25, 0.3) is 0 Å². The molecule has 0 aromatic rings. The first-order valence-corrected chi connectivity index (χ1v) is 13.4. The zero-order valence-corrected chi connectivity index (χ0v) is 21.5. The van der Waals surface area contributed by atoms with Crippen LogP contribution in [0.5, 0.6) is 0 Å². The maximum atomic E-state index is 11.3. The van der Waals surface area contributed by atoms with Gasteiger partial charge in [0.05, 0.1) is 17.6 Å². The van der Waals surface area contributed by atoms with Gasteiger partial charge in [-0.2, -0.15) is 0 Å². The molecule has 0 aliphatic heterocycles. The van der Waals surface area contributed by atoms with Crippen LogP contribution < -0.4 is 0 Å². The van der Waals surface area contributed by atoms with E-state index >= 15 is 0 Å². The van der Waals surface area contributed by atoms with Crippen molar-refractivity contribution in [1.29, 1.82) is 0 Å². The minimum atomic E-state index is -0.756. The molecule has 6 unspecified atom stereocenters. The minimum Gasteiger partial charge on any atom is -0.481 e. The molecular weight excluding hydrogens is 416 g/mol. The fourth-order valence-corrected chi connectivity index (χ4v) is 5.78. The molecule has 0 bridgehead atoms. The zero-order chi connectivity index (χ0) is 24.6. The van der Waals surface area contributed by atoms with Crippen LogP contribution in [0.3, 0.4) is 0 Å². The zero-order valence-electron chi connectivity index (χ0n) is 21.5. The van der Waals surface area contributed by atoms with E-state index in [0.717, 1.165) is 70.6 Å². The molecule has 0 aromatic heterocycles. The van der Waals surface area contributed by atoms with E-state index in [0.29, 0.717) is 12.3 Å². The maximum Gasteiger partial charge on any atom is 0.309 e. The maximum absolute atomic E-state index is 11.3. The Morgan fingerprint density at radius 2 is 1.27 bits per heavy atom. The van der Waals surface area contributed by atoms with Crippen molar-refractivity contribution in [1.82, 2.24) is 0 Å². The first kappa shape index (κ1) is 28.3. The van der Waals surface area contributed by atoms with Crippen molar-refractivity contribution in [2.75, 3.05) is 6.61 Å². The number of aliphatic carboxylic acids is 1. The van der Waals surface area contributed by atoms with Crippen molar-refractivity contribution in [3.63, 3.8) is 0 Å². The highest BCUT2D eigenvalue weighted by molar-refractivity contribution is 5.73. The highest BCUT2D eigenvalue weighted by atomic mass is 16.4. The van der Waals surface area contributed by atoms with E-state index in [9.17, 15) is 25.2 Å². The highest BCUT2D eigenvalue weighted by Gasteiger charge is 2.34. The summed E-state index contributed by atoms with van der Waals surface area (Å²) >= 11 is 0. The molecule has 2 aliphatic rings. The number of hydrogen-bond donors (Lipinski definition) is 4. The summed E-state index contributed by atoms with van der Waals surface area (Å²) in [6.07, 6.45) is 15.3. The van der Waals surface area contributed by atoms with Crippen molar-refractivity contribution < 1.29 is 25.2 Å². The van der Waals surface area contributed by atoms with Crippen LogP contribution in [-0.2, 0) is 4.79 Å². The van der Waals surface area contributed by atoms with Crippen molar-refractivity contribution in [2.45, 2.75) is 117 Å². The van der Waals surface area contributed by atoms with Crippen molar-refractivity contribution in [3.8, 4) is 0 Å². The Kier molecular flexibility index (Phi) is 10.9. The van der Waals surface area contributed by atoms with Gasteiger partial charge >= 0.3 is 5.97 Å². The van der Waals surface area contributed by atoms with E-state index in [1.54, 1.807) is 13.8 Å². The molecule has 0 radical (unpaired) electrons. The lowest BCUT2D eigenvalue weighted by atomic mass is 9.73. The summed E-state index contributed by atoms with van der Waals surface area (Å²) in [5, 5.41) is 40.7. The largest absolute Gasteiger partial charge is 0.481 e. The summed E-state index contributed by atoms with van der Waals surface area (Å²) in [6.45, 7) is 7.92. The summed E-state index contributed by atoms with van der Waals surface area (Å²) in [4.78, 5) is 11.3. The molecule has 4 N–H and O–H groups in total. The highest BCUT2D eigenvalue weighted by Crippen LogP contribution is 2.38. The molecule has 2 saturated carbocycles. The third-order valence-electron chi connectivity index (χ3n) is 8.49. The van der Waals surface area contributed by atoms with Gasteiger partial charge in [0.1, 0.15) is 0 Å². The third kappa shape index (κ3) is 8.67. The van der Waals surface area contributed by atoms with Crippen molar-refractivity contribution in [2.24, 2.45) is 34.5 Å². The Morgan fingerprint density at radius 3 is 1.70 bits per heavy atom. The number of carboxylic acid groups (broad SMARTS) is 1. The molecule has 2 rings (SSSR count). The van der Waals surface area contributed by atoms with Gasteiger partial charge in [-0.3, -0.25) is 4.79 Å². The fraction of sp³-hybridized carbons (Fsp3) is 0.893. The van der Waals surface area contributed by atoms with E-state index in [1.165, 1.54) is 0 Å².